The van der Waals surface area contributed by atoms with Crippen LogP contribution < -0.4 is 0 Å². The minimum atomic E-state index is -0.782. The molecule has 0 radical (unpaired) electrons. The van der Waals surface area contributed by atoms with Crippen LogP contribution in [0, 0.1) is 17.2 Å². The fourth-order valence-corrected chi connectivity index (χ4v) is 7.22. The van der Waals surface area contributed by atoms with Gasteiger partial charge in [-0.3, -0.25) is 24.3 Å². The number of carbonyl (C=O) groups is 2. The molecular formula is C21H24N4O5. The van der Waals surface area contributed by atoms with E-state index in [1.54, 1.807) is 0 Å². The van der Waals surface area contributed by atoms with Gasteiger partial charge in [-0.25, -0.2) is 0 Å². The maximum Gasteiger partial charge on any atom is 0.232 e. The third kappa shape index (κ3) is 1.90. The average Bonchev–Trinajstić information content (AvgIpc) is 3.32. The van der Waals surface area contributed by atoms with Gasteiger partial charge >= 0.3 is 0 Å². The lowest BCUT2D eigenvalue weighted by Crippen LogP contribution is -2.77. The predicted octanol–water partition coefficient (Wildman–Crippen LogP) is -1.05. The van der Waals surface area contributed by atoms with Gasteiger partial charge in [-0.05, 0) is 20.4 Å². The molecule has 0 amide bonds. The van der Waals surface area contributed by atoms with Crippen molar-refractivity contribution in [3.63, 3.8) is 0 Å². The number of aliphatic hydroxyl groups excluding tert-OH is 2. The number of rotatable bonds is 1. The fourth-order valence-electron chi connectivity index (χ4n) is 7.22. The quantitative estimate of drug-likeness (QED) is 0.411. The molecule has 0 aromatic heterocycles. The van der Waals surface area contributed by atoms with E-state index < -0.39 is 23.7 Å². The maximum atomic E-state index is 13.1. The number of aliphatic hydroxyl groups is 2. The first kappa shape index (κ1) is 18.7. The van der Waals surface area contributed by atoms with Gasteiger partial charge in [-0.15, -0.1) is 0 Å². The Morgan fingerprint density at radius 2 is 2.00 bits per heavy atom. The summed E-state index contributed by atoms with van der Waals surface area (Å²) in [5, 5.41) is 31.5. The second kappa shape index (κ2) is 5.99. The number of carbonyl (C=O) groups excluding carboxylic acids is 2. The molecule has 0 saturated carbocycles. The van der Waals surface area contributed by atoms with Crippen molar-refractivity contribution in [2.75, 3.05) is 26.8 Å². The van der Waals surface area contributed by atoms with E-state index in [9.17, 15) is 25.1 Å². The third-order valence-corrected chi connectivity index (χ3v) is 8.32. The van der Waals surface area contributed by atoms with Crippen LogP contribution in [-0.4, -0.2) is 106 Å². The molecule has 1 aliphatic carbocycles. The second-order valence-electron chi connectivity index (χ2n) is 9.24. The average molecular weight is 412 g/mol. The summed E-state index contributed by atoms with van der Waals surface area (Å²) in [6, 6.07) is 0.595. The SMILES string of the molecule is CC1=C(O)C2=C(C(=O)C1=O)[C@@H](CO)N1[C@H]3[C@@H]4[C@@H](C[C@H]([C@H]1C#N)N4C)[C@@H]1OCCN1[C@@H]23. The molecule has 2 N–H and O–H groups in total. The molecule has 9 heteroatoms. The summed E-state index contributed by atoms with van der Waals surface area (Å²) in [5.41, 5.74) is 0.648. The van der Waals surface area contributed by atoms with Crippen molar-refractivity contribution in [3.05, 3.63) is 22.5 Å². The van der Waals surface area contributed by atoms with E-state index in [1.807, 2.05) is 11.9 Å². The number of hydrogen-bond acceptors (Lipinski definition) is 9. The van der Waals surface area contributed by atoms with Crippen molar-refractivity contribution in [1.29, 1.82) is 5.26 Å². The van der Waals surface area contributed by atoms with E-state index in [1.165, 1.54) is 6.92 Å². The van der Waals surface area contributed by atoms with Crippen molar-refractivity contribution < 1.29 is 24.5 Å². The third-order valence-electron chi connectivity index (χ3n) is 8.32. The summed E-state index contributed by atoms with van der Waals surface area (Å²) in [6.45, 7) is 2.30. The number of piperazine rings is 1. The molecule has 0 spiro atoms. The Labute approximate surface area is 173 Å². The maximum absolute atomic E-state index is 13.1. The minimum absolute atomic E-state index is 0.0393. The number of hydrogen-bond donors (Lipinski definition) is 2. The summed E-state index contributed by atoms with van der Waals surface area (Å²) in [6.07, 6.45) is 0.653. The molecule has 6 aliphatic rings. The number of Topliss-reactive ketones (excluding diaryl/α,β-unsaturated/α-hetero) is 2. The van der Waals surface area contributed by atoms with Crippen LogP contribution in [0.15, 0.2) is 22.5 Å². The number of allylic oxidation sites excluding steroid dienone is 1. The lowest BCUT2D eigenvalue weighted by molar-refractivity contribution is -0.144. The zero-order chi connectivity index (χ0) is 21.1. The number of nitrogens with zero attached hydrogens (tertiary/aromatic N) is 4. The normalized spacial score (nSPS) is 45.7. The Balaban J connectivity index is 1.66. The molecule has 0 unspecified atom stereocenters. The van der Waals surface area contributed by atoms with Crippen LogP contribution >= 0.6 is 0 Å². The smallest absolute Gasteiger partial charge is 0.232 e. The minimum Gasteiger partial charge on any atom is -0.507 e. The van der Waals surface area contributed by atoms with E-state index in [-0.39, 0.29) is 59.8 Å². The molecule has 8 atom stereocenters. The summed E-state index contributed by atoms with van der Waals surface area (Å²) < 4.78 is 6.12. The Hall–Kier alpha value is -2.09. The molecule has 5 heterocycles. The summed E-state index contributed by atoms with van der Waals surface area (Å²) in [4.78, 5) is 32.1. The first-order chi connectivity index (χ1) is 14.4. The van der Waals surface area contributed by atoms with Crippen molar-refractivity contribution in [1.82, 2.24) is 14.7 Å². The number of likely N-dealkylation sites (N-methyl/N-ethyl adjacent to an activating group) is 1. The second-order valence-corrected chi connectivity index (χ2v) is 9.24. The molecule has 4 saturated heterocycles. The molecule has 158 valence electrons. The Kier molecular flexibility index (Phi) is 3.73. The number of ether oxygens (including phenoxy) is 1. The molecule has 5 aliphatic heterocycles. The van der Waals surface area contributed by atoms with Crippen molar-refractivity contribution in [2.45, 2.75) is 55.8 Å². The summed E-state index contributed by atoms with van der Waals surface area (Å²) in [7, 11) is 2.03. The molecular weight excluding hydrogens is 388 g/mol. The highest BCUT2D eigenvalue weighted by Gasteiger charge is 2.68. The molecule has 2 bridgehead atoms. The number of nitriles is 1. The van der Waals surface area contributed by atoms with Gasteiger partial charge < -0.3 is 14.9 Å². The molecule has 0 aromatic carbocycles. The van der Waals surface area contributed by atoms with Gasteiger partial charge in [0.15, 0.2) is 0 Å². The van der Waals surface area contributed by atoms with Gasteiger partial charge in [0.1, 0.15) is 18.0 Å². The molecule has 9 nitrogen and oxygen atoms in total. The Morgan fingerprint density at radius 3 is 2.70 bits per heavy atom. The van der Waals surface area contributed by atoms with Gasteiger partial charge in [0.25, 0.3) is 0 Å². The van der Waals surface area contributed by atoms with Crippen molar-refractivity contribution in [2.24, 2.45) is 5.92 Å². The van der Waals surface area contributed by atoms with Crippen LogP contribution in [0.3, 0.4) is 0 Å². The lowest BCUT2D eigenvalue weighted by Gasteiger charge is -2.61. The van der Waals surface area contributed by atoms with E-state index in [0.29, 0.717) is 18.7 Å². The summed E-state index contributed by atoms with van der Waals surface area (Å²) in [5.74, 6) is -1.37. The van der Waals surface area contributed by atoms with Crippen molar-refractivity contribution >= 4 is 11.6 Å². The highest BCUT2D eigenvalue weighted by Crippen LogP contribution is 2.55. The molecule has 30 heavy (non-hydrogen) atoms. The van der Waals surface area contributed by atoms with E-state index in [0.717, 1.165) is 6.42 Å². The first-order valence-electron chi connectivity index (χ1n) is 10.5. The van der Waals surface area contributed by atoms with E-state index in [4.69, 9.17) is 4.74 Å². The highest BCUT2D eigenvalue weighted by atomic mass is 16.5. The van der Waals surface area contributed by atoms with E-state index >= 15 is 0 Å². The van der Waals surface area contributed by atoms with E-state index in [2.05, 4.69) is 15.9 Å². The van der Waals surface area contributed by atoms with Crippen molar-refractivity contribution in [3.8, 4) is 6.07 Å². The Morgan fingerprint density at radius 1 is 1.23 bits per heavy atom. The van der Waals surface area contributed by atoms with Gasteiger partial charge in [0.2, 0.25) is 11.6 Å². The largest absolute Gasteiger partial charge is 0.507 e. The Bertz CT molecular complexity index is 982. The monoisotopic (exact) mass is 412 g/mol. The number of fused-ring (bicyclic) bond motifs is 5. The number of ketones is 2. The van der Waals surface area contributed by atoms with Crippen LogP contribution in [0.1, 0.15) is 13.3 Å². The standard InChI is InChI=1S/C21H24N4O5/c1-8-18(27)14-13(20(29)19(8)28)12(7-26)25-11(6-22)10-5-9-15(23(10)2)17(25)16(14)24-3-4-30-21(9)24/h9-12,15-17,21,26-27H,3-5,7H2,1-2H3/t9-,10-,11-,12-,15+,16+,17+,21+/m1/s1. The van der Waals surface area contributed by atoms with Crippen LogP contribution in [0.5, 0.6) is 0 Å². The zero-order valence-electron chi connectivity index (χ0n) is 16.9. The predicted molar refractivity (Wildman–Crippen MR) is 102 cm³/mol. The zero-order valence-corrected chi connectivity index (χ0v) is 16.9. The molecule has 0 aromatic rings. The van der Waals surface area contributed by atoms with Crippen LogP contribution in [0.4, 0.5) is 0 Å². The number of piperidine rings is 1. The highest BCUT2D eigenvalue weighted by molar-refractivity contribution is 6.50. The van der Waals surface area contributed by atoms with Gasteiger partial charge in [0, 0.05) is 47.3 Å². The first-order valence-corrected chi connectivity index (χ1v) is 10.5. The lowest BCUT2D eigenvalue weighted by atomic mass is 9.69. The molecule has 4 fully saturated rings. The molecule has 6 rings (SSSR count). The van der Waals surface area contributed by atoms with Crippen LogP contribution in [0.25, 0.3) is 0 Å². The van der Waals surface area contributed by atoms with Gasteiger partial charge in [-0.2, -0.15) is 5.26 Å². The van der Waals surface area contributed by atoms with Crippen LogP contribution in [0.2, 0.25) is 0 Å². The summed E-state index contributed by atoms with van der Waals surface area (Å²) >= 11 is 0. The van der Waals surface area contributed by atoms with Gasteiger partial charge in [-0.1, -0.05) is 0 Å². The fraction of sp³-hybridized carbons (Fsp3) is 0.667. The topological polar surface area (TPSA) is 117 Å². The van der Waals surface area contributed by atoms with Crippen LogP contribution in [-0.2, 0) is 14.3 Å². The van der Waals surface area contributed by atoms with Gasteiger partial charge in [0.05, 0.1) is 31.4 Å².